The summed E-state index contributed by atoms with van der Waals surface area (Å²) in [6, 6.07) is -0.448. The number of sulfone groups is 1. The number of hydrogen-bond donors (Lipinski definition) is 0. The molecule has 0 spiro atoms. The van der Waals surface area contributed by atoms with E-state index in [0.29, 0.717) is 24.3 Å². The zero-order valence-electron chi connectivity index (χ0n) is 14.1. The van der Waals surface area contributed by atoms with Gasteiger partial charge in [0.15, 0.2) is 9.84 Å². The van der Waals surface area contributed by atoms with Gasteiger partial charge in [0.1, 0.15) is 6.54 Å². The van der Waals surface area contributed by atoms with Crippen molar-refractivity contribution in [1.29, 1.82) is 0 Å². The van der Waals surface area contributed by atoms with Gasteiger partial charge in [0.25, 0.3) is 0 Å². The van der Waals surface area contributed by atoms with Gasteiger partial charge in [0.05, 0.1) is 17.4 Å². The molecule has 0 aromatic carbocycles. The Kier molecular flexibility index (Phi) is 6.01. The molecule has 25 heavy (non-hydrogen) atoms. The number of alkyl halides is 3. The number of nitrogens with zero attached hydrogens (tertiary/aromatic N) is 2. The molecule has 0 saturated carbocycles. The molecule has 2 aliphatic rings. The predicted octanol–water partition coefficient (Wildman–Crippen LogP) is 1.21. The number of unbranched alkanes of at least 4 members (excludes halogenated alkanes) is 1. The van der Waals surface area contributed by atoms with E-state index in [1.165, 1.54) is 4.90 Å². The second kappa shape index (κ2) is 7.51. The molecule has 144 valence electrons. The van der Waals surface area contributed by atoms with Crippen molar-refractivity contribution in [2.24, 2.45) is 5.92 Å². The molecule has 2 aliphatic heterocycles. The van der Waals surface area contributed by atoms with Crippen LogP contribution < -0.4 is 0 Å². The Bertz CT molecular complexity index is 621. The third-order valence-electron chi connectivity index (χ3n) is 4.62. The average molecular weight is 384 g/mol. The SMILES string of the molecule is CCCCN(C(=O)C1CC(=O)N(CC(F)(F)F)C1)C1CCS(=O)(=O)C1. The Labute approximate surface area is 145 Å². The monoisotopic (exact) mass is 384 g/mol. The summed E-state index contributed by atoms with van der Waals surface area (Å²) in [4.78, 5) is 26.7. The van der Waals surface area contributed by atoms with Crippen LogP contribution in [0.2, 0.25) is 0 Å². The number of carbonyl (C=O) groups is 2. The van der Waals surface area contributed by atoms with Gasteiger partial charge in [-0.2, -0.15) is 13.2 Å². The standard InChI is InChI=1S/C15H23F3N2O4S/c1-2-3-5-20(12-4-6-25(23,24)9-12)14(22)11-7-13(21)19(8-11)10-15(16,17)18/h11-12H,2-10H2,1H3. The molecule has 2 heterocycles. The second-order valence-electron chi connectivity index (χ2n) is 6.73. The van der Waals surface area contributed by atoms with E-state index in [2.05, 4.69) is 0 Å². The number of amides is 2. The molecule has 2 amide bonds. The third kappa shape index (κ3) is 5.32. The molecule has 2 unspecified atom stereocenters. The van der Waals surface area contributed by atoms with Crippen molar-refractivity contribution in [2.75, 3.05) is 31.1 Å². The Morgan fingerprint density at radius 3 is 2.56 bits per heavy atom. The lowest BCUT2D eigenvalue weighted by Crippen LogP contribution is -2.45. The van der Waals surface area contributed by atoms with Crippen molar-refractivity contribution in [3.05, 3.63) is 0 Å². The van der Waals surface area contributed by atoms with Crippen LogP contribution in [0, 0.1) is 5.92 Å². The first-order chi connectivity index (χ1) is 11.5. The Morgan fingerprint density at radius 2 is 2.04 bits per heavy atom. The Morgan fingerprint density at radius 1 is 1.36 bits per heavy atom. The average Bonchev–Trinajstić information content (AvgIpc) is 3.01. The third-order valence-corrected chi connectivity index (χ3v) is 6.37. The molecule has 6 nitrogen and oxygen atoms in total. The van der Waals surface area contributed by atoms with E-state index < -0.39 is 46.3 Å². The molecule has 2 atom stereocenters. The van der Waals surface area contributed by atoms with E-state index in [9.17, 15) is 31.2 Å². The molecule has 0 aromatic heterocycles. The maximum atomic E-state index is 12.8. The van der Waals surface area contributed by atoms with Crippen LogP contribution in [-0.2, 0) is 19.4 Å². The second-order valence-corrected chi connectivity index (χ2v) is 8.96. The number of likely N-dealkylation sites (tertiary alicyclic amines) is 1. The molecule has 0 radical (unpaired) electrons. The summed E-state index contributed by atoms with van der Waals surface area (Å²) in [6.45, 7) is 0.666. The normalized spacial score (nSPS) is 26.2. The summed E-state index contributed by atoms with van der Waals surface area (Å²) in [5.41, 5.74) is 0. The summed E-state index contributed by atoms with van der Waals surface area (Å²) in [7, 11) is -3.19. The van der Waals surface area contributed by atoms with Crippen molar-refractivity contribution >= 4 is 21.7 Å². The van der Waals surface area contributed by atoms with Crippen molar-refractivity contribution in [2.45, 2.75) is 44.8 Å². The summed E-state index contributed by atoms with van der Waals surface area (Å²) in [5, 5.41) is 0. The highest BCUT2D eigenvalue weighted by atomic mass is 32.2. The summed E-state index contributed by atoms with van der Waals surface area (Å²) >= 11 is 0. The summed E-state index contributed by atoms with van der Waals surface area (Å²) in [6.07, 6.45) is -2.95. The van der Waals surface area contributed by atoms with Crippen LogP contribution in [0.3, 0.4) is 0 Å². The molecular formula is C15H23F3N2O4S. The maximum absolute atomic E-state index is 12.8. The zero-order chi connectivity index (χ0) is 18.8. The molecular weight excluding hydrogens is 361 g/mol. The lowest BCUT2D eigenvalue weighted by atomic mass is 10.0. The van der Waals surface area contributed by atoms with E-state index in [4.69, 9.17) is 0 Å². The van der Waals surface area contributed by atoms with Crippen LogP contribution in [0.15, 0.2) is 0 Å². The predicted molar refractivity (Wildman–Crippen MR) is 84.4 cm³/mol. The lowest BCUT2D eigenvalue weighted by Gasteiger charge is -2.30. The smallest absolute Gasteiger partial charge is 0.338 e. The maximum Gasteiger partial charge on any atom is 0.406 e. The number of hydrogen-bond acceptors (Lipinski definition) is 4. The minimum Gasteiger partial charge on any atom is -0.338 e. The first-order valence-electron chi connectivity index (χ1n) is 8.38. The van der Waals surface area contributed by atoms with Crippen LogP contribution in [0.4, 0.5) is 13.2 Å². The lowest BCUT2D eigenvalue weighted by molar-refractivity contribution is -0.157. The Hall–Kier alpha value is -1.32. The quantitative estimate of drug-likeness (QED) is 0.690. The van der Waals surface area contributed by atoms with E-state index in [-0.39, 0.29) is 24.5 Å². The minimum absolute atomic E-state index is 0.0113. The molecule has 0 bridgehead atoms. The topological polar surface area (TPSA) is 74.8 Å². The molecule has 0 aromatic rings. The van der Waals surface area contributed by atoms with Gasteiger partial charge in [0, 0.05) is 25.6 Å². The first-order valence-corrected chi connectivity index (χ1v) is 10.2. The van der Waals surface area contributed by atoms with Crippen molar-refractivity contribution < 1.29 is 31.2 Å². The van der Waals surface area contributed by atoms with Crippen LogP contribution in [0.25, 0.3) is 0 Å². The first kappa shape index (κ1) is 20.0. The van der Waals surface area contributed by atoms with Crippen molar-refractivity contribution in [1.82, 2.24) is 9.80 Å². The Balaban J connectivity index is 2.07. The number of rotatable bonds is 6. The number of halogens is 3. The van der Waals surface area contributed by atoms with Crippen LogP contribution in [0.5, 0.6) is 0 Å². The molecule has 0 N–H and O–H groups in total. The molecule has 2 saturated heterocycles. The van der Waals surface area contributed by atoms with Crippen LogP contribution in [0.1, 0.15) is 32.6 Å². The molecule has 10 heteroatoms. The van der Waals surface area contributed by atoms with Gasteiger partial charge < -0.3 is 9.80 Å². The van der Waals surface area contributed by atoms with E-state index in [0.717, 1.165) is 6.42 Å². The van der Waals surface area contributed by atoms with Gasteiger partial charge >= 0.3 is 6.18 Å². The zero-order valence-corrected chi connectivity index (χ0v) is 14.9. The fourth-order valence-electron chi connectivity index (χ4n) is 3.36. The highest BCUT2D eigenvalue weighted by Gasteiger charge is 2.43. The van der Waals surface area contributed by atoms with Crippen molar-refractivity contribution in [3.8, 4) is 0 Å². The van der Waals surface area contributed by atoms with Gasteiger partial charge in [-0.1, -0.05) is 13.3 Å². The van der Waals surface area contributed by atoms with Gasteiger partial charge in [-0.3, -0.25) is 9.59 Å². The van der Waals surface area contributed by atoms with Crippen molar-refractivity contribution in [3.63, 3.8) is 0 Å². The minimum atomic E-state index is -4.50. The van der Waals surface area contributed by atoms with Crippen LogP contribution in [-0.4, -0.2) is 73.4 Å². The van der Waals surface area contributed by atoms with E-state index in [1.807, 2.05) is 6.92 Å². The fourth-order valence-corrected chi connectivity index (χ4v) is 5.09. The van der Waals surface area contributed by atoms with E-state index >= 15 is 0 Å². The molecule has 0 aliphatic carbocycles. The summed E-state index contributed by atoms with van der Waals surface area (Å²) < 4.78 is 60.9. The van der Waals surface area contributed by atoms with Gasteiger partial charge in [-0.15, -0.1) is 0 Å². The number of carbonyl (C=O) groups excluding carboxylic acids is 2. The van der Waals surface area contributed by atoms with Gasteiger partial charge in [0.2, 0.25) is 11.8 Å². The summed E-state index contributed by atoms with van der Waals surface area (Å²) in [5.74, 6) is -2.04. The van der Waals surface area contributed by atoms with E-state index in [1.54, 1.807) is 0 Å². The van der Waals surface area contributed by atoms with Crippen LogP contribution >= 0.6 is 0 Å². The fraction of sp³-hybridized carbons (Fsp3) is 0.867. The van der Waals surface area contributed by atoms with Gasteiger partial charge in [-0.25, -0.2) is 8.42 Å². The van der Waals surface area contributed by atoms with Gasteiger partial charge in [-0.05, 0) is 12.8 Å². The highest BCUT2D eigenvalue weighted by molar-refractivity contribution is 7.91. The molecule has 2 rings (SSSR count). The molecule has 2 fully saturated rings. The largest absolute Gasteiger partial charge is 0.406 e. The highest BCUT2D eigenvalue weighted by Crippen LogP contribution is 2.27.